The molecule has 3 rings (SSSR count). The lowest BCUT2D eigenvalue weighted by Gasteiger charge is -2.46. The molecular weight excluding hydrogens is 393 g/mol. The number of rotatable bonds is 6. The quantitative estimate of drug-likeness (QED) is 0.755. The van der Waals surface area contributed by atoms with Gasteiger partial charge in [-0.3, -0.25) is 9.69 Å². The molecule has 0 spiro atoms. The number of halogens is 2. The van der Waals surface area contributed by atoms with Crippen LogP contribution in [-0.4, -0.2) is 54.5 Å². The molecule has 2 aromatic carbocycles. The van der Waals surface area contributed by atoms with E-state index in [0.717, 1.165) is 5.56 Å². The van der Waals surface area contributed by atoms with Gasteiger partial charge in [-0.05, 0) is 55.9 Å². The standard InChI is InChI=1S/C22H27ClFN3O2/c1-26(2)13-18-14-27(12-16-6-7-19(24)11-20(16)23)9-8-22(18,29)17-5-3-4-15(10-17)21(25)28/h3-7,10-11,18,29H,8-9,12-14H2,1-2H3,(H2,25,28). The van der Waals surface area contributed by atoms with Gasteiger partial charge in [-0.25, -0.2) is 4.39 Å². The first-order chi connectivity index (χ1) is 13.7. The van der Waals surface area contributed by atoms with E-state index in [1.807, 2.05) is 25.1 Å². The van der Waals surface area contributed by atoms with E-state index in [-0.39, 0.29) is 11.7 Å². The molecule has 1 fully saturated rings. The van der Waals surface area contributed by atoms with Gasteiger partial charge in [-0.1, -0.05) is 29.8 Å². The Morgan fingerprint density at radius 3 is 2.76 bits per heavy atom. The number of primary amides is 1. The molecule has 1 heterocycles. The van der Waals surface area contributed by atoms with Crippen LogP contribution in [0.5, 0.6) is 0 Å². The van der Waals surface area contributed by atoms with Gasteiger partial charge in [0.15, 0.2) is 0 Å². The lowest BCUT2D eigenvalue weighted by Crippen LogP contribution is -2.52. The van der Waals surface area contributed by atoms with Crippen molar-refractivity contribution < 1.29 is 14.3 Å². The second kappa shape index (κ2) is 8.79. The van der Waals surface area contributed by atoms with Crippen LogP contribution in [0.25, 0.3) is 0 Å². The van der Waals surface area contributed by atoms with E-state index in [4.69, 9.17) is 17.3 Å². The summed E-state index contributed by atoms with van der Waals surface area (Å²) in [5, 5.41) is 12.1. The van der Waals surface area contributed by atoms with Crippen molar-refractivity contribution in [1.29, 1.82) is 0 Å². The van der Waals surface area contributed by atoms with Crippen molar-refractivity contribution in [2.45, 2.75) is 18.6 Å². The minimum atomic E-state index is -1.07. The number of piperidine rings is 1. The van der Waals surface area contributed by atoms with Crippen LogP contribution in [0.4, 0.5) is 4.39 Å². The van der Waals surface area contributed by atoms with Crippen molar-refractivity contribution in [3.05, 3.63) is 70.0 Å². The molecule has 1 aliphatic rings. The smallest absolute Gasteiger partial charge is 0.248 e. The molecule has 1 aliphatic heterocycles. The molecule has 3 N–H and O–H groups in total. The molecule has 156 valence electrons. The van der Waals surface area contributed by atoms with Gasteiger partial charge in [0.2, 0.25) is 5.91 Å². The van der Waals surface area contributed by atoms with Crippen molar-refractivity contribution in [3.8, 4) is 0 Å². The van der Waals surface area contributed by atoms with Gasteiger partial charge in [-0.15, -0.1) is 0 Å². The minimum absolute atomic E-state index is 0.0893. The van der Waals surface area contributed by atoms with E-state index in [1.54, 1.807) is 24.3 Å². The summed E-state index contributed by atoms with van der Waals surface area (Å²) in [5.74, 6) is -0.955. The number of benzene rings is 2. The molecule has 2 unspecified atom stereocenters. The zero-order chi connectivity index (χ0) is 21.2. The van der Waals surface area contributed by atoms with Gasteiger partial charge in [0, 0.05) is 42.7 Å². The number of carbonyl (C=O) groups excluding carboxylic acids is 1. The summed E-state index contributed by atoms with van der Waals surface area (Å²) in [6.07, 6.45) is 0.506. The average molecular weight is 420 g/mol. The number of hydrogen-bond acceptors (Lipinski definition) is 4. The lowest BCUT2D eigenvalue weighted by molar-refractivity contribution is -0.0862. The Labute approximate surface area is 175 Å². The zero-order valence-electron chi connectivity index (χ0n) is 16.7. The number of amides is 1. The van der Waals surface area contributed by atoms with Crippen LogP contribution in [0.3, 0.4) is 0 Å². The fourth-order valence-electron chi connectivity index (χ4n) is 4.09. The number of carbonyl (C=O) groups is 1. The zero-order valence-corrected chi connectivity index (χ0v) is 17.5. The maximum absolute atomic E-state index is 13.3. The monoisotopic (exact) mass is 419 g/mol. The van der Waals surface area contributed by atoms with Gasteiger partial charge in [0.25, 0.3) is 0 Å². The molecule has 2 atom stereocenters. The lowest BCUT2D eigenvalue weighted by atomic mass is 9.75. The van der Waals surface area contributed by atoms with Crippen molar-refractivity contribution in [2.24, 2.45) is 11.7 Å². The van der Waals surface area contributed by atoms with Crippen LogP contribution in [0.15, 0.2) is 42.5 Å². The summed E-state index contributed by atoms with van der Waals surface area (Å²) in [6.45, 7) is 2.55. The third-order valence-corrected chi connectivity index (χ3v) is 5.96. The van der Waals surface area contributed by atoms with Gasteiger partial charge < -0.3 is 15.7 Å². The molecule has 0 aliphatic carbocycles. The Kier molecular flexibility index (Phi) is 6.58. The third kappa shape index (κ3) is 4.95. The van der Waals surface area contributed by atoms with Gasteiger partial charge >= 0.3 is 0 Å². The fourth-order valence-corrected chi connectivity index (χ4v) is 4.32. The summed E-state index contributed by atoms with van der Waals surface area (Å²) >= 11 is 6.20. The van der Waals surface area contributed by atoms with E-state index in [1.165, 1.54) is 12.1 Å². The van der Waals surface area contributed by atoms with E-state index >= 15 is 0 Å². The van der Waals surface area contributed by atoms with E-state index < -0.39 is 11.5 Å². The molecule has 5 nitrogen and oxygen atoms in total. The summed E-state index contributed by atoms with van der Waals surface area (Å²) in [5.41, 5.74) is 6.31. The van der Waals surface area contributed by atoms with Crippen LogP contribution in [0.2, 0.25) is 5.02 Å². The molecular formula is C22H27ClFN3O2. The maximum Gasteiger partial charge on any atom is 0.248 e. The second-order valence-electron chi connectivity index (χ2n) is 8.05. The van der Waals surface area contributed by atoms with Gasteiger partial charge in [-0.2, -0.15) is 0 Å². The first-order valence-electron chi connectivity index (χ1n) is 9.63. The molecule has 1 amide bonds. The summed E-state index contributed by atoms with van der Waals surface area (Å²) in [4.78, 5) is 15.9. The summed E-state index contributed by atoms with van der Waals surface area (Å²) in [7, 11) is 3.94. The Bertz CT molecular complexity index is 892. The number of aliphatic hydroxyl groups is 1. The van der Waals surface area contributed by atoms with Crippen LogP contribution in [0.1, 0.15) is 27.9 Å². The highest BCUT2D eigenvalue weighted by Gasteiger charge is 2.43. The number of nitrogens with zero attached hydrogens (tertiary/aromatic N) is 2. The van der Waals surface area contributed by atoms with Crippen molar-refractivity contribution in [2.75, 3.05) is 33.7 Å². The summed E-state index contributed by atoms with van der Waals surface area (Å²) in [6, 6.07) is 11.4. The van der Waals surface area contributed by atoms with E-state index in [2.05, 4.69) is 4.90 Å². The molecule has 29 heavy (non-hydrogen) atoms. The van der Waals surface area contributed by atoms with E-state index in [9.17, 15) is 14.3 Å². The molecule has 7 heteroatoms. The SMILES string of the molecule is CN(C)CC1CN(Cc2ccc(F)cc2Cl)CCC1(O)c1cccc(C(N)=O)c1. The van der Waals surface area contributed by atoms with E-state index in [0.29, 0.717) is 48.7 Å². The Hall–Kier alpha value is -1.99. The van der Waals surface area contributed by atoms with Crippen molar-refractivity contribution in [1.82, 2.24) is 9.80 Å². The highest BCUT2D eigenvalue weighted by molar-refractivity contribution is 6.31. The molecule has 0 saturated carbocycles. The van der Waals surface area contributed by atoms with Crippen molar-refractivity contribution >= 4 is 17.5 Å². The Morgan fingerprint density at radius 1 is 1.34 bits per heavy atom. The van der Waals surface area contributed by atoms with Crippen LogP contribution in [0, 0.1) is 11.7 Å². The molecule has 1 saturated heterocycles. The maximum atomic E-state index is 13.3. The fraction of sp³-hybridized carbons (Fsp3) is 0.409. The highest BCUT2D eigenvalue weighted by atomic mass is 35.5. The van der Waals surface area contributed by atoms with Crippen molar-refractivity contribution in [3.63, 3.8) is 0 Å². The number of nitrogens with two attached hydrogens (primary N) is 1. The Balaban J connectivity index is 1.85. The second-order valence-corrected chi connectivity index (χ2v) is 8.46. The normalized spacial score (nSPS) is 22.8. The highest BCUT2D eigenvalue weighted by Crippen LogP contribution is 2.39. The van der Waals surface area contributed by atoms with Crippen LogP contribution in [-0.2, 0) is 12.1 Å². The Morgan fingerprint density at radius 2 is 2.10 bits per heavy atom. The first kappa shape index (κ1) is 21.7. The third-order valence-electron chi connectivity index (χ3n) is 5.60. The number of hydrogen-bond donors (Lipinski definition) is 2. The molecule has 0 aromatic heterocycles. The first-order valence-corrected chi connectivity index (χ1v) is 10.0. The van der Waals surface area contributed by atoms with Gasteiger partial charge in [0.1, 0.15) is 5.82 Å². The molecule has 2 aromatic rings. The number of likely N-dealkylation sites (tertiary alicyclic amines) is 1. The van der Waals surface area contributed by atoms with Crippen LogP contribution < -0.4 is 5.73 Å². The molecule has 0 radical (unpaired) electrons. The molecule has 0 bridgehead atoms. The van der Waals surface area contributed by atoms with Crippen LogP contribution >= 0.6 is 11.6 Å². The predicted molar refractivity (Wildman–Crippen MR) is 112 cm³/mol. The summed E-state index contributed by atoms with van der Waals surface area (Å²) < 4.78 is 13.3. The average Bonchev–Trinajstić information content (AvgIpc) is 2.66. The minimum Gasteiger partial charge on any atom is -0.385 e. The van der Waals surface area contributed by atoms with Gasteiger partial charge in [0.05, 0.1) is 5.60 Å². The largest absolute Gasteiger partial charge is 0.385 e. The topological polar surface area (TPSA) is 69.8 Å². The predicted octanol–water partition coefficient (Wildman–Crippen LogP) is 2.85.